The molecule has 0 fully saturated rings. The van der Waals surface area contributed by atoms with Crippen molar-refractivity contribution >= 4 is 15.9 Å². The lowest BCUT2D eigenvalue weighted by molar-refractivity contribution is -0.125. The molecule has 2 heterocycles. The van der Waals surface area contributed by atoms with E-state index in [0.29, 0.717) is 12.2 Å². The first-order chi connectivity index (χ1) is 11.5. The van der Waals surface area contributed by atoms with Gasteiger partial charge in [-0.25, -0.2) is 8.42 Å². The number of nitrogens with one attached hydrogen (secondary N) is 1. The third-order valence-corrected chi connectivity index (χ3v) is 6.07. The van der Waals surface area contributed by atoms with Gasteiger partial charge in [0.15, 0.2) is 0 Å². The smallest absolute Gasteiger partial charge is 0.239 e. The third kappa shape index (κ3) is 3.37. The second-order valence-electron chi connectivity index (χ2n) is 5.73. The van der Waals surface area contributed by atoms with Gasteiger partial charge in [-0.05, 0) is 36.6 Å². The van der Waals surface area contributed by atoms with E-state index in [-0.39, 0.29) is 24.7 Å². The number of carbonyl (C=O) groups excluding carboxylic acids is 1. The zero-order valence-corrected chi connectivity index (χ0v) is 14.3. The summed E-state index contributed by atoms with van der Waals surface area (Å²) in [6.45, 7) is 2.06. The van der Waals surface area contributed by atoms with Crippen molar-refractivity contribution in [2.45, 2.75) is 32.5 Å². The van der Waals surface area contributed by atoms with Gasteiger partial charge in [0, 0.05) is 6.54 Å². The molecule has 0 aliphatic carbocycles. The molecule has 6 nitrogen and oxygen atoms in total. The molecule has 0 saturated heterocycles. The molecule has 1 aliphatic heterocycles. The largest absolute Gasteiger partial charge is 0.467 e. The number of nitrogens with zero attached hydrogens (tertiary/aromatic N) is 1. The summed E-state index contributed by atoms with van der Waals surface area (Å²) in [5, 5.41) is 2.77. The van der Waals surface area contributed by atoms with E-state index in [9.17, 15) is 13.2 Å². The highest BCUT2D eigenvalue weighted by atomic mass is 32.2. The van der Waals surface area contributed by atoms with Gasteiger partial charge >= 0.3 is 0 Å². The molecular formula is C17H20N2O4S. The minimum Gasteiger partial charge on any atom is -0.467 e. The Kier molecular flexibility index (Phi) is 4.73. The maximum absolute atomic E-state index is 12.6. The van der Waals surface area contributed by atoms with Crippen molar-refractivity contribution in [2.24, 2.45) is 0 Å². The number of carbonyl (C=O) groups is 1. The van der Waals surface area contributed by atoms with Crippen LogP contribution >= 0.6 is 0 Å². The molecule has 0 spiro atoms. The Morgan fingerprint density at radius 2 is 2.00 bits per heavy atom. The molecule has 0 bridgehead atoms. The summed E-state index contributed by atoms with van der Waals surface area (Å²) in [4.78, 5) is 12.6. The summed E-state index contributed by atoms with van der Waals surface area (Å²) < 4.78 is 31.4. The zero-order chi connectivity index (χ0) is 17.2. The molecule has 1 unspecified atom stereocenters. The van der Waals surface area contributed by atoms with Gasteiger partial charge in [0.25, 0.3) is 0 Å². The number of fused-ring (bicyclic) bond motifs is 1. The SMILES string of the molecule is CCS(=O)(=O)N1Cc2ccccc2CC1C(=O)NCc1ccco1. The fourth-order valence-corrected chi connectivity index (χ4v) is 4.11. The lowest BCUT2D eigenvalue weighted by Crippen LogP contribution is -2.52. The molecule has 7 heteroatoms. The second-order valence-corrected chi connectivity index (χ2v) is 7.94. The number of sulfonamides is 1. The minimum atomic E-state index is -3.48. The summed E-state index contributed by atoms with van der Waals surface area (Å²) in [6, 6.07) is 10.4. The highest BCUT2D eigenvalue weighted by Crippen LogP contribution is 2.26. The first-order valence-corrected chi connectivity index (χ1v) is 9.48. The van der Waals surface area contributed by atoms with Gasteiger partial charge in [-0.1, -0.05) is 24.3 Å². The molecule has 1 aromatic heterocycles. The molecule has 1 aliphatic rings. The van der Waals surface area contributed by atoms with Gasteiger partial charge in [-0.15, -0.1) is 0 Å². The van der Waals surface area contributed by atoms with Crippen molar-refractivity contribution < 1.29 is 17.6 Å². The zero-order valence-electron chi connectivity index (χ0n) is 13.4. The standard InChI is InChI=1S/C17H20N2O4S/c1-2-24(21,22)19-12-14-7-4-3-6-13(14)10-16(19)17(20)18-11-15-8-5-9-23-15/h3-9,16H,2,10-12H2,1H3,(H,18,20). The summed E-state index contributed by atoms with van der Waals surface area (Å²) in [5.41, 5.74) is 1.96. The summed E-state index contributed by atoms with van der Waals surface area (Å²) in [5.74, 6) is 0.291. The molecule has 0 radical (unpaired) electrons. The Morgan fingerprint density at radius 1 is 1.25 bits per heavy atom. The van der Waals surface area contributed by atoms with Crippen molar-refractivity contribution in [1.82, 2.24) is 9.62 Å². The Morgan fingerprint density at radius 3 is 2.67 bits per heavy atom. The fraction of sp³-hybridized carbons (Fsp3) is 0.353. The van der Waals surface area contributed by atoms with Crippen molar-refractivity contribution in [2.75, 3.05) is 5.75 Å². The first kappa shape index (κ1) is 16.7. The van der Waals surface area contributed by atoms with Crippen LogP contribution in [-0.2, 0) is 34.3 Å². The highest BCUT2D eigenvalue weighted by molar-refractivity contribution is 7.89. The predicted octanol–water partition coefficient (Wildman–Crippen LogP) is 1.67. The van der Waals surface area contributed by atoms with Gasteiger partial charge in [0.1, 0.15) is 11.8 Å². The van der Waals surface area contributed by atoms with Crippen LogP contribution in [0, 0.1) is 0 Å². The van der Waals surface area contributed by atoms with Crippen LogP contribution in [0.25, 0.3) is 0 Å². The minimum absolute atomic E-state index is 0.0306. The van der Waals surface area contributed by atoms with Crippen LogP contribution in [0.4, 0.5) is 0 Å². The third-order valence-electron chi connectivity index (χ3n) is 4.25. The Bertz CT molecular complexity index is 815. The van der Waals surface area contributed by atoms with Gasteiger partial charge in [-0.2, -0.15) is 4.31 Å². The van der Waals surface area contributed by atoms with E-state index in [1.807, 2.05) is 24.3 Å². The molecule has 1 N–H and O–H groups in total. The first-order valence-electron chi connectivity index (χ1n) is 7.87. The van der Waals surface area contributed by atoms with E-state index in [1.165, 1.54) is 10.6 Å². The normalized spacial score (nSPS) is 18.1. The molecule has 24 heavy (non-hydrogen) atoms. The van der Waals surface area contributed by atoms with Crippen LogP contribution < -0.4 is 5.32 Å². The van der Waals surface area contributed by atoms with E-state index in [4.69, 9.17) is 4.42 Å². The molecule has 1 atom stereocenters. The van der Waals surface area contributed by atoms with E-state index < -0.39 is 16.1 Å². The Hall–Kier alpha value is -2.12. The van der Waals surface area contributed by atoms with Gasteiger partial charge in [-0.3, -0.25) is 4.79 Å². The maximum Gasteiger partial charge on any atom is 0.239 e. The quantitative estimate of drug-likeness (QED) is 0.891. The predicted molar refractivity (Wildman–Crippen MR) is 89.5 cm³/mol. The lowest BCUT2D eigenvalue weighted by Gasteiger charge is -2.34. The average Bonchev–Trinajstić information content (AvgIpc) is 3.12. The van der Waals surface area contributed by atoms with Crippen LogP contribution in [0.1, 0.15) is 23.8 Å². The molecule has 2 aromatic rings. The summed E-state index contributed by atoms with van der Waals surface area (Å²) in [6.07, 6.45) is 1.91. The maximum atomic E-state index is 12.6. The lowest BCUT2D eigenvalue weighted by atomic mass is 9.95. The van der Waals surface area contributed by atoms with E-state index in [2.05, 4.69) is 5.32 Å². The van der Waals surface area contributed by atoms with Crippen LogP contribution in [0.5, 0.6) is 0 Å². The Balaban J connectivity index is 1.83. The highest BCUT2D eigenvalue weighted by Gasteiger charge is 2.37. The molecule has 1 amide bonds. The van der Waals surface area contributed by atoms with E-state index in [1.54, 1.807) is 19.1 Å². The molecular weight excluding hydrogens is 328 g/mol. The monoisotopic (exact) mass is 348 g/mol. The van der Waals surface area contributed by atoms with E-state index >= 15 is 0 Å². The molecule has 3 rings (SSSR count). The van der Waals surface area contributed by atoms with Crippen molar-refractivity contribution in [3.05, 3.63) is 59.5 Å². The number of furan rings is 1. The van der Waals surface area contributed by atoms with Crippen molar-refractivity contribution in [3.63, 3.8) is 0 Å². The van der Waals surface area contributed by atoms with Crippen molar-refractivity contribution in [1.29, 1.82) is 0 Å². The number of amides is 1. The molecule has 128 valence electrons. The van der Waals surface area contributed by atoms with Gasteiger partial charge < -0.3 is 9.73 Å². The molecule has 0 saturated carbocycles. The fourth-order valence-electron chi connectivity index (χ4n) is 2.89. The van der Waals surface area contributed by atoms with Crippen LogP contribution in [0.15, 0.2) is 47.1 Å². The van der Waals surface area contributed by atoms with Crippen LogP contribution in [0.2, 0.25) is 0 Å². The van der Waals surface area contributed by atoms with Gasteiger partial charge in [0.05, 0.1) is 18.6 Å². The average molecular weight is 348 g/mol. The number of hydrogen-bond acceptors (Lipinski definition) is 4. The van der Waals surface area contributed by atoms with Crippen molar-refractivity contribution in [3.8, 4) is 0 Å². The number of rotatable bonds is 5. The molecule has 1 aromatic carbocycles. The topological polar surface area (TPSA) is 79.6 Å². The van der Waals surface area contributed by atoms with Crippen LogP contribution in [-0.4, -0.2) is 30.4 Å². The summed E-state index contributed by atoms with van der Waals surface area (Å²) in [7, 11) is -3.48. The number of benzene rings is 1. The summed E-state index contributed by atoms with van der Waals surface area (Å²) >= 11 is 0. The van der Waals surface area contributed by atoms with E-state index in [0.717, 1.165) is 11.1 Å². The van der Waals surface area contributed by atoms with Crippen LogP contribution in [0.3, 0.4) is 0 Å². The second kappa shape index (κ2) is 6.78. The van der Waals surface area contributed by atoms with Gasteiger partial charge in [0.2, 0.25) is 15.9 Å². The Labute approximate surface area is 141 Å². The number of hydrogen-bond donors (Lipinski definition) is 1.